The fraction of sp³-hybridized carbons (Fsp3) is 0.250. The molecule has 0 aliphatic heterocycles. The van der Waals surface area contributed by atoms with E-state index in [1.54, 1.807) is 0 Å². The highest BCUT2D eigenvalue weighted by Gasteiger charge is 2.15. The van der Waals surface area contributed by atoms with E-state index in [0.29, 0.717) is 13.0 Å². The molecule has 0 spiro atoms. The molecule has 5 nitrogen and oxygen atoms in total. The third-order valence-corrected chi connectivity index (χ3v) is 5.36. The Kier molecular flexibility index (Phi) is 5.47. The average Bonchev–Trinajstić information content (AvgIpc) is 3.28. The van der Waals surface area contributed by atoms with Gasteiger partial charge in [-0.1, -0.05) is 36.4 Å². The van der Waals surface area contributed by atoms with Gasteiger partial charge in [0.1, 0.15) is 0 Å². The van der Waals surface area contributed by atoms with Crippen LogP contribution in [-0.4, -0.2) is 26.8 Å². The summed E-state index contributed by atoms with van der Waals surface area (Å²) in [4.78, 5) is 12.5. The Hall–Kier alpha value is -3.34. The molecule has 0 bridgehead atoms. The molecule has 1 N–H and O–H groups in total. The first-order valence-electron chi connectivity index (χ1n) is 10.0. The molecule has 0 saturated carbocycles. The van der Waals surface area contributed by atoms with Crippen molar-refractivity contribution in [1.82, 2.24) is 19.7 Å². The smallest absolute Gasteiger partial charge is 0.224 e. The third-order valence-electron chi connectivity index (χ3n) is 5.36. The van der Waals surface area contributed by atoms with Crippen molar-refractivity contribution >= 4 is 16.8 Å². The number of rotatable bonds is 7. The Morgan fingerprint density at radius 3 is 2.59 bits per heavy atom. The number of nitrogens with zero attached hydrogens (tertiary/aromatic N) is 3. The van der Waals surface area contributed by atoms with Gasteiger partial charge in [-0.2, -0.15) is 5.10 Å². The normalized spacial score (nSPS) is 11.1. The molecule has 0 radical (unpaired) electrons. The molecule has 29 heavy (non-hydrogen) atoms. The summed E-state index contributed by atoms with van der Waals surface area (Å²) in [5.41, 5.74) is 5.17. The number of hydrogen-bond donors (Lipinski definition) is 1. The fourth-order valence-electron chi connectivity index (χ4n) is 3.79. The number of nitrogens with one attached hydrogen (secondary N) is 1. The summed E-state index contributed by atoms with van der Waals surface area (Å²) >= 11 is 0. The average molecular weight is 386 g/mol. The van der Waals surface area contributed by atoms with Crippen LogP contribution >= 0.6 is 0 Å². The van der Waals surface area contributed by atoms with Crippen molar-refractivity contribution in [3.63, 3.8) is 0 Å². The molecule has 5 heteroatoms. The number of aromatic nitrogens is 3. The van der Waals surface area contributed by atoms with Crippen LogP contribution < -0.4 is 5.32 Å². The van der Waals surface area contributed by atoms with Crippen LogP contribution in [0.4, 0.5) is 0 Å². The quantitative estimate of drug-likeness (QED) is 0.484. The Bertz CT molecular complexity index is 1120. The van der Waals surface area contributed by atoms with Crippen molar-refractivity contribution in [1.29, 1.82) is 0 Å². The summed E-state index contributed by atoms with van der Waals surface area (Å²) in [5.74, 6) is 0.0428. The van der Waals surface area contributed by atoms with Crippen LogP contribution in [-0.2, 0) is 17.8 Å². The van der Waals surface area contributed by atoms with Crippen molar-refractivity contribution in [3.8, 4) is 5.69 Å². The summed E-state index contributed by atoms with van der Waals surface area (Å²) in [6, 6.07) is 20.5. The Morgan fingerprint density at radius 1 is 1.00 bits per heavy atom. The van der Waals surface area contributed by atoms with Crippen molar-refractivity contribution in [2.75, 3.05) is 6.54 Å². The number of hydrogen-bond acceptors (Lipinski definition) is 2. The summed E-state index contributed by atoms with van der Waals surface area (Å²) in [7, 11) is 0. The van der Waals surface area contributed by atoms with Gasteiger partial charge >= 0.3 is 0 Å². The Morgan fingerprint density at radius 2 is 1.76 bits per heavy atom. The van der Waals surface area contributed by atoms with E-state index in [-0.39, 0.29) is 5.91 Å². The van der Waals surface area contributed by atoms with E-state index in [4.69, 9.17) is 0 Å². The van der Waals surface area contributed by atoms with E-state index in [9.17, 15) is 4.79 Å². The van der Waals surface area contributed by atoms with Gasteiger partial charge in [0.05, 0.1) is 17.8 Å². The highest BCUT2D eigenvalue weighted by Crippen LogP contribution is 2.18. The third kappa shape index (κ3) is 4.09. The van der Waals surface area contributed by atoms with Gasteiger partial charge in [-0.05, 0) is 49.9 Å². The zero-order valence-corrected chi connectivity index (χ0v) is 16.9. The second-order valence-electron chi connectivity index (χ2n) is 7.34. The predicted octanol–water partition coefficient (Wildman–Crippen LogP) is 4.19. The maximum absolute atomic E-state index is 12.5. The maximum atomic E-state index is 12.5. The summed E-state index contributed by atoms with van der Waals surface area (Å²) in [5, 5.41) is 8.93. The molecule has 2 aromatic carbocycles. The van der Waals surface area contributed by atoms with Gasteiger partial charge in [-0.3, -0.25) is 4.79 Å². The van der Waals surface area contributed by atoms with Crippen LogP contribution in [0.1, 0.15) is 23.4 Å². The first-order chi connectivity index (χ1) is 14.1. The van der Waals surface area contributed by atoms with Gasteiger partial charge in [-0.15, -0.1) is 0 Å². The number of aryl methyl sites for hydroxylation is 2. The molecular weight excluding hydrogens is 360 g/mol. The largest absolute Gasteiger partial charge is 0.356 e. The molecule has 0 aliphatic rings. The van der Waals surface area contributed by atoms with E-state index < -0.39 is 0 Å². The minimum Gasteiger partial charge on any atom is -0.356 e. The first-order valence-corrected chi connectivity index (χ1v) is 10.0. The van der Waals surface area contributed by atoms with Crippen molar-refractivity contribution < 1.29 is 4.79 Å². The van der Waals surface area contributed by atoms with E-state index in [2.05, 4.69) is 51.5 Å². The van der Waals surface area contributed by atoms with E-state index in [0.717, 1.165) is 35.6 Å². The summed E-state index contributed by atoms with van der Waals surface area (Å²) in [6.45, 7) is 5.53. The Balaban J connectivity index is 1.33. The molecule has 4 aromatic rings. The lowest BCUT2D eigenvalue weighted by atomic mass is 10.1. The maximum Gasteiger partial charge on any atom is 0.224 e. The topological polar surface area (TPSA) is 51.9 Å². The van der Waals surface area contributed by atoms with E-state index in [1.807, 2.05) is 48.9 Å². The van der Waals surface area contributed by atoms with Gasteiger partial charge in [0.2, 0.25) is 5.91 Å². The molecule has 0 saturated heterocycles. The summed E-state index contributed by atoms with van der Waals surface area (Å²) < 4.78 is 4.15. The summed E-state index contributed by atoms with van der Waals surface area (Å²) in [6.07, 6.45) is 3.36. The highest BCUT2D eigenvalue weighted by molar-refractivity contribution is 5.80. The van der Waals surface area contributed by atoms with Crippen molar-refractivity contribution in [2.45, 2.75) is 33.2 Å². The molecule has 1 amide bonds. The number of fused-ring (bicyclic) bond motifs is 1. The van der Waals surface area contributed by atoms with Gasteiger partial charge in [0, 0.05) is 36.1 Å². The van der Waals surface area contributed by atoms with Gasteiger partial charge in [-0.25, -0.2) is 4.68 Å². The van der Waals surface area contributed by atoms with Crippen molar-refractivity contribution in [3.05, 3.63) is 83.8 Å². The van der Waals surface area contributed by atoms with Crippen LogP contribution in [0.15, 0.2) is 66.9 Å². The number of carbonyl (C=O) groups is 1. The zero-order valence-electron chi connectivity index (χ0n) is 16.9. The molecule has 0 aliphatic carbocycles. The standard InChI is InChI=1S/C24H26N4O/c1-18-22(19(2)28(26-18)21-10-4-3-5-11-21)17-24(29)25-14-8-15-27-16-13-20-9-6-7-12-23(20)27/h3-7,9-13,16H,8,14-15,17H2,1-2H3,(H,25,29). The fourth-order valence-corrected chi connectivity index (χ4v) is 3.79. The van der Waals surface area contributed by atoms with Crippen LogP contribution in [0.25, 0.3) is 16.6 Å². The molecule has 0 atom stereocenters. The second kappa shape index (κ2) is 8.35. The molecule has 2 heterocycles. The molecule has 4 rings (SSSR count). The molecule has 148 valence electrons. The van der Waals surface area contributed by atoms with Crippen molar-refractivity contribution in [2.24, 2.45) is 0 Å². The number of carbonyl (C=O) groups excluding carboxylic acids is 1. The molecule has 2 aromatic heterocycles. The van der Waals surface area contributed by atoms with E-state index >= 15 is 0 Å². The van der Waals surface area contributed by atoms with E-state index in [1.165, 1.54) is 10.9 Å². The Labute approximate surface area is 171 Å². The number of amides is 1. The number of benzene rings is 2. The predicted molar refractivity (Wildman–Crippen MR) is 116 cm³/mol. The van der Waals surface area contributed by atoms with Gasteiger partial charge in [0.25, 0.3) is 0 Å². The minimum absolute atomic E-state index is 0.0428. The van der Waals surface area contributed by atoms with Crippen LogP contribution in [0.3, 0.4) is 0 Å². The lowest BCUT2D eigenvalue weighted by molar-refractivity contribution is -0.120. The second-order valence-corrected chi connectivity index (χ2v) is 7.34. The molecular formula is C24H26N4O. The number of para-hydroxylation sites is 2. The minimum atomic E-state index is 0.0428. The highest BCUT2D eigenvalue weighted by atomic mass is 16.1. The van der Waals surface area contributed by atoms with Gasteiger partial charge < -0.3 is 9.88 Å². The first kappa shape index (κ1) is 19.0. The van der Waals surface area contributed by atoms with Gasteiger partial charge in [0.15, 0.2) is 0 Å². The zero-order chi connectivity index (χ0) is 20.2. The molecule has 0 fully saturated rings. The molecule has 0 unspecified atom stereocenters. The monoisotopic (exact) mass is 386 g/mol. The van der Waals surface area contributed by atoms with Crippen LogP contribution in [0.2, 0.25) is 0 Å². The van der Waals surface area contributed by atoms with Crippen LogP contribution in [0.5, 0.6) is 0 Å². The van der Waals surface area contributed by atoms with Crippen LogP contribution in [0, 0.1) is 13.8 Å². The SMILES string of the molecule is Cc1nn(-c2ccccc2)c(C)c1CC(=O)NCCCn1ccc2ccccc21. The lowest BCUT2D eigenvalue weighted by Gasteiger charge is -2.08. The lowest BCUT2D eigenvalue weighted by Crippen LogP contribution is -2.27.